The number of hydrogen-bond donors (Lipinski definition) is 1. The normalized spacial score (nSPS) is 28.4. The minimum absolute atomic E-state index is 0.0626. The van der Waals surface area contributed by atoms with Crippen LogP contribution in [0, 0.1) is 11.8 Å². The van der Waals surface area contributed by atoms with Gasteiger partial charge in [-0.2, -0.15) is 0 Å². The Kier molecular flexibility index (Phi) is 8.14. The minimum atomic E-state index is -1.34. The molecule has 5 atom stereocenters. The zero-order valence-electron chi connectivity index (χ0n) is 26.9. The van der Waals surface area contributed by atoms with Crippen LogP contribution in [-0.2, 0) is 19.1 Å². The maximum atomic E-state index is 14.8. The summed E-state index contributed by atoms with van der Waals surface area (Å²) >= 11 is 0. The van der Waals surface area contributed by atoms with E-state index >= 15 is 0 Å². The van der Waals surface area contributed by atoms with Crippen molar-refractivity contribution in [2.45, 2.75) is 50.4 Å². The number of nitrogens with zero attached hydrogens (tertiary/aromatic N) is 3. The highest BCUT2D eigenvalue weighted by Gasteiger charge is 2.74. The van der Waals surface area contributed by atoms with Gasteiger partial charge in [-0.3, -0.25) is 14.4 Å². The zero-order valence-corrected chi connectivity index (χ0v) is 26.9. The van der Waals surface area contributed by atoms with Crippen LogP contribution in [0.1, 0.15) is 33.1 Å². The molecule has 47 heavy (non-hydrogen) atoms. The van der Waals surface area contributed by atoms with Crippen LogP contribution in [0.25, 0.3) is 10.8 Å². The van der Waals surface area contributed by atoms with Crippen molar-refractivity contribution >= 4 is 39.9 Å². The van der Waals surface area contributed by atoms with Crippen molar-refractivity contribution in [1.29, 1.82) is 0 Å². The van der Waals surface area contributed by atoms with E-state index in [4.69, 9.17) is 9.47 Å². The molecule has 9 nitrogen and oxygen atoms in total. The fourth-order valence-electron chi connectivity index (χ4n) is 8.03. The van der Waals surface area contributed by atoms with Crippen molar-refractivity contribution in [3.05, 3.63) is 91.0 Å². The number of likely N-dealkylation sites (tertiary alicyclic amines) is 1. The Labute approximate surface area is 275 Å². The van der Waals surface area contributed by atoms with Gasteiger partial charge in [0.25, 0.3) is 5.91 Å². The smallest absolute Gasteiger partial charge is 0.253 e. The molecule has 0 saturated carbocycles. The third kappa shape index (κ3) is 5.12. The minimum Gasteiger partial charge on any atom is -0.494 e. The topological polar surface area (TPSA) is 99.6 Å². The number of hydrogen-bond acceptors (Lipinski definition) is 6. The molecule has 4 aliphatic rings. The van der Waals surface area contributed by atoms with Crippen molar-refractivity contribution in [1.82, 2.24) is 4.90 Å². The molecule has 9 heteroatoms. The summed E-state index contributed by atoms with van der Waals surface area (Å²) in [4.78, 5) is 49.2. The molecule has 0 aromatic heterocycles. The fraction of sp³-hybridized carbons (Fsp3) is 0.395. The number of rotatable bonds is 9. The first-order chi connectivity index (χ1) is 22.8. The summed E-state index contributed by atoms with van der Waals surface area (Å²) in [6.45, 7) is 5.34. The first-order valence-corrected chi connectivity index (χ1v) is 16.6. The maximum absolute atomic E-state index is 14.8. The van der Waals surface area contributed by atoms with E-state index in [1.54, 1.807) is 14.7 Å². The average molecular weight is 636 g/mol. The second-order valence-corrected chi connectivity index (χ2v) is 13.0. The molecule has 1 N–H and O–H groups in total. The van der Waals surface area contributed by atoms with E-state index in [9.17, 15) is 19.5 Å². The molecular formula is C38H41N3O6. The van der Waals surface area contributed by atoms with Gasteiger partial charge in [-0.1, -0.05) is 54.6 Å². The van der Waals surface area contributed by atoms with Crippen LogP contribution in [0.2, 0.25) is 0 Å². The molecule has 244 valence electrons. The Morgan fingerprint density at radius 3 is 2.26 bits per heavy atom. The maximum Gasteiger partial charge on any atom is 0.253 e. The number of amides is 3. The van der Waals surface area contributed by atoms with Gasteiger partial charge < -0.3 is 29.3 Å². The standard InChI is InChI=1S/C38H41N3O6/c1-3-46-30-17-15-28(16-18-30)39-22-9-19-37(2)31(34(39)43)32-35(44)41(21-7-4-8-24-42)33-36(45)40(23-10-20-38(32,33)47-37)29-14-13-26-11-5-6-12-27(26)25-29/h5-6,9-20,25,31-33,42H,3-4,7-8,21-24H2,1-2H3/t31-,32-,33?,37+,38-/m0/s1. The van der Waals surface area contributed by atoms with Gasteiger partial charge in [-0.15, -0.1) is 0 Å². The lowest BCUT2D eigenvalue weighted by atomic mass is 9.74. The first kappa shape index (κ1) is 31.1. The van der Waals surface area contributed by atoms with Gasteiger partial charge >= 0.3 is 0 Å². The van der Waals surface area contributed by atoms with Crippen LogP contribution < -0.4 is 14.5 Å². The molecule has 2 saturated heterocycles. The van der Waals surface area contributed by atoms with Crippen molar-refractivity contribution in [2.75, 3.05) is 42.6 Å². The predicted octanol–water partition coefficient (Wildman–Crippen LogP) is 4.88. The molecule has 1 spiro atoms. The third-order valence-corrected chi connectivity index (χ3v) is 10.1. The van der Waals surface area contributed by atoms with Gasteiger partial charge in [-0.25, -0.2) is 0 Å². The van der Waals surface area contributed by atoms with Crippen molar-refractivity contribution in [2.24, 2.45) is 11.8 Å². The van der Waals surface area contributed by atoms with E-state index < -0.39 is 29.1 Å². The number of fused-ring (bicyclic) bond motifs is 3. The van der Waals surface area contributed by atoms with E-state index in [1.807, 2.05) is 105 Å². The van der Waals surface area contributed by atoms with Crippen LogP contribution in [-0.4, -0.2) is 77.8 Å². The van der Waals surface area contributed by atoms with Crippen molar-refractivity contribution < 1.29 is 29.0 Å². The van der Waals surface area contributed by atoms with Gasteiger partial charge in [0.15, 0.2) is 0 Å². The van der Waals surface area contributed by atoms with Crippen molar-refractivity contribution in [3.63, 3.8) is 0 Å². The summed E-state index contributed by atoms with van der Waals surface area (Å²) in [6, 6.07) is 20.4. The molecule has 0 radical (unpaired) electrons. The second-order valence-electron chi connectivity index (χ2n) is 13.0. The van der Waals surface area contributed by atoms with Crippen LogP contribution in [0.3, 0.4) is 0 Å². The monoisotopic (exact) mass is 635 g/mol. The highest BCUT2D eigenvalue weighted by Crippen LogP contribution is 2.57. The van der Waals surface area contributed by atoms with E-state index in [2.05, 4.69) is 0 Å². The molecule has 1 unspecified atom stereocenters. The number of aliphatic hydroxyl groups excluding tert-OH is 1. The summed E-state index contributed by atoms with van der Waals surface area (Å²) in [6.07, 6.45) is 9.55. The van der Waals surface area contributed by atoms with Gasteiger partial charge in [0.05, 0.1) is 24.0 Å². The zero-order chi connectivity index (χ0) is 32.8. The van der Waals surface area contributed by atoms with Crippen LogP contribution in [0.15, 0.2) is 91.0 Å². The highest BCUT2D eigenvalue weighted by molar-refractivity contribution is 6.08. The summed E-state index contributed by atoms with van der Waals surface area (Å²) in [5.74, 6) is -1.73. The number of ether oxygens (including phenoxy) is 2. The highest BCUT2D eigenvalue weighted by atomic mass is 16.5. The first-order valence-electron chi connectivity index (χ1n) is 16.6. The third-order valence-electron chi connectivity index (χ3n) is 10.1. The summed E-state index contributed by atoms with van der Waals surface area (Å²) in [7, 11) is 0. The van der Waals surface area contributed by atoms with Crippen LogP contribution >= 0.6 is 0 Å². The lowest BCUT2D eigenvalue weighted by Gasteiger charge is -2.37. The summed E-state index contributed by atoms with van der Waals surface area (Å²) in [5, 5.41) is 11.5. The predicted molar refractivity (Wildman–Crippen MR) is 180 cm³/mol. The summed E-state index contributed by atoms with van der Waals surface area (Å²) < 4.78 is 12.6. The van der Waals surface area contributed by atoms with Crippen molar-refractivity contribution in [3.8, 4) is 5.75 Å². The largest absolute Gasteiger partial charge is 0.494 e. The molecule has 4 aliphatic heterocycles. The van der Waals surface area contributed by atoms with Gasteiger partial charge in [0.2, 0.25) is 11.8 Å². The Morgan fingerprint density at radius 1 is 0.809 bits per heavy atom. The SMILES string of the molecule is CCOc1ccc(N2CC=C[C@@]3(C)O[C@]45C=CCN(c6ccc7ccccc7c6)C(=O)C4N(CCCCCO)C(=O)[C@@H]5[C@H]3C2=O)cc1. The fourth-order valence-corrected chi connectivity index (χ4v) is 8.03. The summed E-state index contributed by atoms with van der Waals surface area (Å²) in [5.41, 5.74) is -1.01. The number of carbonyl (C=O) groups excluding carboxylic acids is 3. The molecular weight excluding hydrogens is 594 g/mol. The van der Waals surface area contributed by atoms with E-state index in [-0.39, 0.29) is 24.3 Å². The van der Waals surface area contributed by atoms with E-state index in [0.29, 0.717) is 56.9 Å². The second kappa shape index (κ2) is 12.3. The van der Waals surface area contributed by atoms with Gasteiger partial charge in [0.1, 0.15) is 17.4 Å². The molecule has 7 rings (SSSR count). The van der Waals surface area contributed by atoms with Gasteiger partial charge in [-0.05, 0) is 80.3 Å². The molecule has 0 aliphatic carbocycles. The quantitative estimate of drug-likeness (QED) is 0.266. The Morgan fingerprint density at radius 2 is 1.51 bits per heavy atom. The van der Waals surface area contributed by atoms with Gasteiger partial charge in [0, 0.05) is 37.6 Å². The molecule has 3 aromatic carbocycles. The molecule has 3 amide bonds. The number of aliphatic hydroxyl groups is 1. The Bertz CT molecular complexity index is 1750. The number of carbonyl (C=O) groups is 3. The van der Waals surface area contributed by atoms with E-state index in [1.165, 1.54) is 0 Å². The molecule has 2 fully saturated rings. The lowest BCUT2D eigenvalue weighted by Crippen LogP contribution is -2.56. The Hall–Kier alpha value is -4.47. The Balaban J connectivity index is 1.29. The molecule has 4 heterocycles. The van der Waals surface area contributed by atoms with E-state index in [0.717, 1.165) is 16.5 Å². The average Bonchev–Trinajstić information content (AvgIpc) is 3.34. The molecule has 3 aromatic rings. The van der Waals surface area contributed by atoms with Crippen LogP contribution in [0.4, 0.5) is 11.4 Å². The number of benzene rings is 3. The molecule has 0 bridgehead atoms. The lowest BCUT2D eigenvalue weighted by molar-refractivity contribution is -0.144. The van der Waals surface area contributed by atoms with Crippen LogP contribution in [0.5, 0.6) is 5.75 Å². The number of unbranched alkanes of at least 4 members (excludes halogenated alkanes) is 2. The number of anilines is 2.